The van der Waals surface area contributed by atoms with E-state index >= 15 is 0 Å². The summed E-state index contributed by atoms with van der Waals surface area (Å²) in [5.74, 6) is 0. The topological polar surface area (TPSA) is 69.7 Å². The Morgan fingerprint density at radius 3 is 1.27 bits per heavy atom. The van der Waals surface area contributed by atoms with Crippen LogP contribution in [0.5, 0.6) is 0 Å². The zero-order valence-electron chi connectivity index (χ0n) is 15.3. The molecule has 0 radical (unpaired) electrons. The monoisotopic (exact) mass is 354 g/mol. The number of carbonyl (C=O) groups excluding carboxylic acids is 3. The minimum absolute atomic E-state index is 0.548. The predicted octanol–water partition coefficient (Wildman–Crippen LogP) is 4.64. The highest BCUT2D eigenvalue weighted by Gasteiger charge is 2.31. The van der Waals surface area contributed by atoms with Gasteiger partial charge in [0.15, 0.2) is 0 Å². The van der Waals surface area contributed by atoms with E-state index in [1.807, 2.05) is 0 Å². The minimum Gasteiger partial charge on any atom is -0.423 e. The molecule has 2 aromatic carbocycles. The number of hydrogen-bond donors (Lipinski definition) is 0. The molecule has 0 aliphatic carbocycles. The molecule has 0 aromatic heterocycles. The Kier molecular flexibility index (Phi) is 5.60. The molecule has 0 amide bonds. The molecule has 0 saturated heterocycles. The van der Waals surface area contributed by atoms with E-state index in [0.29, 0.717) is 11.1 Å². The molecule has 0 aliphatic heterocycles. The first kappa shape index (κ1) is 19.4. The maximum absolute atomic E-state index is 12.3. The van der Waals surface area contributed by atoms with E-state index in [9.17, 15) is 14.4 Å². The highest BCUT2D eigenvalue weighted by atomic mass is 16.7. The van der Waals surface area contributed by atoms with Gasteiger partial charge in [-0.3, -0.25) is 9.59 Å². The summed E-state index contributed by atoms with van der Waals surface area (Å²) in [5, 5.41) is 0. The molecule has 0 fully saturated rings. The molecule has 2 aromatic rings. The zero-order chi connectivity index (χ0) is 19.4. The lowest BCUT2D eigenvalue weighted by molar-refractivity contribution is -0.0634. The van der Waals surface area contributed by atoms with Gasteiger partial charge in [-0.2, -0.15) is 0 Å². The van der Waals surface area contributed by atoms with Crippen molar-refractivity contribution in [1.82, 2.24) is 0 Å². The summed E-state index contributed by atoms with van der Waals surface area (Å²) < 4.78 is 11.0. The number of carbonyl (C=O) groups is 3. The summed E-state index contributed by atoms with van der Waals surface area (Å²) in [7, 11) is 0. The van der Waals surface area contributed by atoms with Crippen molar-refractivity contribution >= 4 is 18.7 Å². The molecule has 26 heavy (non-hydrogen) atoms. The molecule has 136 valence electrons. The Hall–Kier alpha value is -2.95. The number of aldehydes is 2. The van der Waals surface area contributed by atoms with E-state index in [0.717, 1.165) is 23.7 Å². The van der Waals surface area contributed by atoms with E-state index in [2.05, 4.69) is 0 Å². The van der Waals surface area contributed by atoms with Crippen LogP contribution >= 0.6 is 0 Å². The standard InChI is InChI=1S/C21H22O5/c1-20(2,17-9-5-15(13-22)6-10-17)25-19(24)26-21(3,4)18-11-7-16(14-23)8-12-18/h5-14H,1-4H3. The normalized spacial score (nSPS) is 11.5. The summed E-state index contributed by atoms with van der Waals surface area (Å²) in [4.78, 5) is 33.8. The zero-order valence-corrected chi connectivity index (χ0v) is 15.3. The van der Waals surface area contributed by atoms with E-state index in [1.54, 1.807) is 76.2 Å². The predicted molar refractivity (Wildman–Crippen MR) is 97.3 cm³/mol. The van der Waals surface area contributed by atoms with Crippen LogP contribution in [0.15, 0.2) is 48.5 Å². The molecule has 0 heterocycles. The summed E-state index contributed by atoms with van der Waals surface area (Å²) in [6, 6.07) is 13.6. The average Bonchev–Trinajstić information content (AvgIpc) is 2.60. The lowest BCUT2D eigenvalue weighted by atomic mass is 9.97. The van der Waals surface area contributed by atoms with Crippen LogP contribution < -0.4 is 0 Å². The second-order valence-electron chi connectivity index (χ2n) is 6.95. The second kappa shape index (κ2) is 7.52. The number of hydrogen-bond acceptors (Lipinski definition) is 5. The first-order valence-electron chi connectivity index (χ1n) is 8.21. The van der Waals surface area contributed by atoms with Gasteiger partial charge in [0, 0.05) is 11.1 Å². The second-order valence-corrected chi connectivity index (χ2v) is 6.95. The highest BCUT2D eigenvalue weighted by Crippen LogP contribution is 2.29. The maximum atomic E-state index is 12.3. The van der Waals surface area contributed by atoms with Crippen LogP contribution in [0, 0.1) is 0 Å². The van der Waals surface area contributed by atoms with Crippen molar-refractivity contribution in [3.8, 4) is 0 Å². The van der Waals surface area contributed by atoms with Gasteiger partial charge in [0.1, 0.15) is 23.8 Å². The van der Waals surface area contributed by atoms with Gasteiger partial charge in [-0.1, -0.05) is 48.5 Å². The van der Waals surface area contributed by atoms with E-state index in [-0.39, 0.29) is 0 Å². The van der Waals surface area contributed by atoms with Gasteiger partial charge >= 0.3 is 6.16 Å². The van der Waals surface area contributed by atoms with Crippen molar-refractivity contribution in [2.24, 2.45) is 0 Å². The van der Waals surface area contributed by atoms with Crippen LogP contribution in [0.2, 0.25) is 0 Å². The van der Waals surface area contributed by atoms with Crippen LogP contribution in [0.3, 0.4) is 0 Å². The quantitative estimate of drug-likeness (QED) is 0.558. The maximum Gasteiger partial charge on any atom is 0.510 e. The van der Waals surface area contributed by atoms with Crippen molar-refractivity contribution in [2.75, 3.05) is 0 Å². The van der Waals surface area contributed by atoms with Gasteiger partial charge in [0.25, 0.3) is 0 Å². The molecule has 0 spiro atoms. The minimum atomic E-state index is -0.921. The van der Waals surface area contributed by atoms with Crippen LogP contribution in [-0.2, 0) is 20.7 Å². The highest BCUT2D eigenvalue weighted by molar-refractivity contribution is 5.75. The Labute approximate surface area is 152 Å². The largest absolute Gasteiger partial charge is 0.510 e. The molecule has 0 atom stereocenters. The summed E-state index contributed by atoms with van der Waals surface area (Å²) in [6.07, 6.45) is 0.702. The van der Waals surface area contributed by atoms with E-state index < -0.39 is 17.4 Å². The van der Waals surface area contributed by atoms with E-state index in [4.69, 9.17) is 9.47 Å². The Balaban J connectivity index is 2.09. The summed E-state index contributed by atoms with van der Waals surface area (Å²) in [5.41, 5.74) is 0.742. The summed E-state index contributed by atoms with van der Waals surface area (Å²) in [6.45, 7) is 6.98. The number of ether oxygens (including phenoxy) is 2. The third-order valence-electron chi connectivity index (χ3n) is 4.16. The Bertz CT molecular complexity index is 719. The lowest BCUT2D eigenvalue weighted by Gasteiger charge is -2.30. The van der Waals surface area contributed by atoms with Crippen molar-refractivity contribution in [3.05, 3.63) is 70.8 Å². The third kappa shape index (κ3) is 4.57. The van der Waals surface area contributed by atoms with Crippen molar-refractivity contribution < 1.29 is 23.9 Å². The van der Waals surface area contributed by atoms with Crippen LogP contribution in [0.25, 0.3) is 0 Å². The van der Waals surface area contributed by atoms with Gasteiger partial charge in [-0.25, -0.2) is 4.79 Å². The molecule has 0 unspecified atom stereocenters. The molecule has 0 N–H and O–H groups in total. The fraction of sp³-hybridized carbons (Fsp3) is 0.286. The van der Waals surface area contributed by atoms with Crippen LogP contribution in [-0.4, -0.2) is 18.7 Å². The van der Waals surface area contributed by atoms with Gasteiger partial charge in [-0.05, 0) is 38.8 Å². The van der Waals surface area contributed by atoms with E-state index in [1.165, 1.54) is 0 Å². The molecule has 2 rings (SSSR count). The van der Waals surface area contributed by atoms with Gasteiger partial charge < -0.3 is 9.47 Å². The van der Waals surface area contributed by atoms with Crippen molar-refractivity contribution in [1.29, 1.82) is 0 Å². The molecule has 0 aliphatic rings. The summed E-state index contributed by atoms with van der Waals surface area (Å²) >= 11 is 0. The van der Waals surface area contributed by atoms with Crippen LogP contribution in [0.4, 0.5) is 4.79 Å². The molecule has 0 bridgehead atoms. The SMILES string of the molecule is CC(C)(OC(=O)OC(C)(C)c1ccc(C=O)cc1)c1ccc(C=O)cc1. The fourth-order valence-electron chi connectivity index (χ4n) is 2.48. The molecule has 0 saturated carbocycles. The average molecular weight is 354 g/mol. The van der Waals surface area contributed by atoms with Crippen molar-refractivity contribution in [3.63, 3.8) is 0 Å². The first-order chi connectivity index (χ1) is 12.2. The smallest absolute Gasteiger partial charge is 0.423 e. The van der Waals surface area contributed by atoms with Gasteiger partial charge in [0.2, 0.25) is 0 Å². The molecular weight excluding hydrogens is 332 g/mol. The lowest BCUT2D eigenvalue weighted by Crippen LogP contribution is -2.31. The van der Waals surface area contributed by atoms with Crippen molar-refractivity contribution in [2.45, 2.75) is 38.9 Å². The molecule has 5 nitrogen and oxygen atoms in total. The number of benzene rings is 2. The third-order valence-corrected chi connectivity index (χ3v) is 4.16. The Morgan fingerprint density at radius 2 is 1.00 bits per heavy atom. The first-order valence-corrected chi connectivity index (χ1v) is 8.21. The van der Waals surface area contributed by atoms with Gasteiger partial charge in [0.05, 0.1) is 0 Å². The van der Waals surface area contributed by atoms with Crippen LogP contribution in [0.1, 0.15) is 59.5 Å². The molecular formula is C21H22O5. The van der Waals surface area contributed by atoms with Gasteiger partial charge in [-0.15, -0.1) is 0 Å². The Morgan fingerprint density at radius 1 is 0.692 bits per heavy atom. The number of rotatable bonds is 6. The fourth-order valence-corrected chi connectivity index (χ4v) is 2.48. The molecule has 5 heteroatoms.